The average Bonchev–Trinajstić information content (AvgIpc) is 2.77. The third-order valence-electron chi connectivity index (χ3n) is 12.5. The number of hydrogen-bond acceptors (Lipinski definition) is 4. The van der Waals surface area contributed by atoms with Gasteiger partial charge in [-0.25, -0.2) is 0 Å². The van der Waals surface area contributed by atoms with Crippen LogP contribution in [0.25, 0.3) is 0 Å². The van der Waals surface area contributed by atoms with Gasteiger partial charge < -0.3 is 20.4 Å². The Hall–Kier alpha value is -1.17. The number of fused-ring (bicyclic) bond motifs is 6. The topological polar surface area (TPSA) is 98.0 Å². The molecule has 0 aromatic carbocycles. The lowest BCUT2D eigenvalue weighted by Gasteiger charge is -2.69. The number of allylic oxidation sites excluding steroid dienone is 3. The Morgan fingerprint density at radius 2 is 1.66 bits per heavy atom. The summed E-state index contributed by atoms with van der Waals surface area (Å²) in [5, 5.41) is 42.7. The van der Waals surface area contributed by atoms with Gasteiger partial charge in [0.25, 0.3) is 0 Å². The van der Waals surface area contributed by atoms with E-state index in [9.17, 15) is 25.2 Å². The summed E-state index contributed by atoms with van der Waals surface area (Å²) >= 11 is 0. The second kappa shape index (κ2) is 7.45. The summed E-state index contributed by atoms with van der Waals surface area (Å²) < 4.78 is 0. The predicted octanol–water partition coefficient (Wildman–Crippen LogP) is 5.10. The molecule has 0 unspecified atom stereocenters. The van der Waals surface area contributed by atoms with E-state index in [0.717, 1.165) is 44.1 Å². The maximum Gasteiger partial charge on any atom is 0.313 e. The smallest absolute Gasteiger partial charge is 0.313 e. The summed E-state index contributed by atoms with van der Waals surface area (Å²) in [7, 11) is 0. The number of aliphatic hydroxyl groups is 3. The first-order valence-corrected chi connectivity index (χ1v) is 13.7. The summed E-state index contributed by atoms with van der Waals surface area (Å²) in [5.74, 6) is -0.365. The fourth-order valence-corrected chi connectivity index (χ4v) is 10.1. The molecule has 0 aromatic heterocycles. The van der Waals surface area contributed by atoms with Gasteiger partial charge in [0.1, 0.15) is 0 Å². The first-order chi connectivity index (χ1) is 16.1. The van der Waals surface area contributed by atoms with Crippen LogP contribution >= 0.6 is 0 Å². The monoisotopic (exact) mass is 486 g/mol. The number of rotatable bonds is 2. The van der Waals surface area contributed by atoms with Crippen molar-refractivity contribution in [2.24, 2.45) is 44.3 Å². The van der Waals surface area contributed by atoms with Gasteiger partial charge in [-0.1, -0.05) is 53.7 Å². The molecule has 0 spiro atoms. The van der Waals surface area contributed by atoms with Crippen molar-refractivity contribution < 1.29 is 25.2 Å². The molecule has 5 aliphatic rings. The Kier molecular flexibility index (Phi) is 5.42. The zero-order valence-electron chi connectivity index (χ0n) is 22.5. The lowest BCUT2D eigenvalue weighted by Crippen LogP contribution is -2.67. The highest BCUT2D eigenvalue weighted by molar-refractivity contribution is 5.80. The molecule has 0 radical (unpaired) electrons. The minimum atomic E-state index is -0.925. The molecule has 35 heavy (non-hydrogen) atoms. The second-order valence-corrected chi connectivity index (χ2v) is 14.7. The van der Waals surface area contributed by atoms with E-state index in [0.29, 0.717) is 12.8 Å². The van der Waals surface area contributed by atoms with Crippen LogP contribution in [0, 0.1) is 44.3 Å². The number of aliphatic carboxylic acids is 1. The molecule has 0 heterocycles. The van der Waals surface area contributed by atoms with Crippen LogP contribution in [0.15, 0.2) is 23.3 Å². The predicted molar refractivity (Wildman–Crippen MR) is 135 cm³/mol. The van der Waals surface area contributed by atoms with Crippen LogP contribution in [0.1, 0.15) is 92.9 Å². The van der Waals surface area contributed by atoms with Gasteiger partial charge in [-0.15, -0.1) is 0 Å². The van der Waals surface area contributed by atoms with E-state index in [1.54, 1.807) is 0 Å². The van der Waals surface area contributed by atoms with Crippen molar-refractivity contribution in [3.63, 3.8) is 0 Å². The maximum absolute atomic E-state index is 12.7. The molecule has 5 aliphatic carbocycles. The highest BCUT2D eigenvalue weighted by Crippen LogP contribution is 2.74. The van der Waals surface area contributed by atoms with E-state index < -0.39 is 29.0 Å². The van der Waals surface area contributed by atoms with Crippen molar-refractivity contribution in [3.8, 4) is 0 Å². The van der Waals surface area contributed by atoms with E-state index in [2.05, 4.69) is 46.8 Å². The van der Waals surface area contributed by atoms with Gasteiger partial charge in [-0.3, -0.25) is 4.79 Å². The van der Waals surface area contributed by atoms with Gasteiger partial charge in [0.2, 0.25) is 0 Å². The fourth-order valence-electron chi connectivity index (χ4n) is 10.1. The molecule has 3 saturated carbocycles. The van der Waals surface area contributed by atoms with Crippen molar-refractivity contribution in [2.75, 3.05) is 6.61 Å². The summed E-state index contributed by atoms with van der Waals surface area (Å²) in [6.45, 7) is 13.4. The first-order valence-electron chi connectivity index (χ1n) is 13.7. The molecule has 0 aromatic rings. The van der Waals surface area contributed by atoms with Gasteiger partial charge in [-0.2, -0.15) is 0 Å². The third-order valence-corrected chi connectivity index (χ3v) is 12.5. The van der Waals surface area contributed by atoms with Crippen LogP contribution in [0.4, 0.5) is 0 Å². The molecule has 3 fully saturated rings. The van der Waals surface area contributed by atoms with E-state index >= 15 is 0 Å². The zero-order valence-corrected chi connectivity index (χ0v) is 22.5. The quantitative estimate of drug-likeness (QED) is 0.435. The Morgan fingerprint density at radius 1 is 1.00 bits per heavy atom. The lowest BCUT2D eigenvalue weighted by atomic mass is 9.35. The van der Waals surface area contributed by atoms with E-state index in [4.69, 9.17) is 0 Å². The molecule has 0 amide bonds. The standard InChI is InChI=1S/C30H46O5/c1-25(2)11-13-30(24(34)35)14-12-28(5)18(19(30)15-25)7-8-22-26(3)16-20(32)23(33)27(4,17-31)21(26)9-10-29(22,28)6/h7-8,20-23,31-33H,9-17H2,1-6H3,(H,34,35)/t20-,21-,22-,23+,26+,27+,28-,29-,30+/m1/s1. The number of aliphatic hydroxyl groups excluding tert-OH is 3. The summed E-state index contributed by atoms with van der Waals surface area (Å²) in [6, 6.07) is 0. The molecule has 0 saturated heterocycles. The van der Waals surface area contributed by atoms with Crippen molar-refractivity contribution in [2.45, 2.75) is 105 Å². The minimum absolute atomic E-state index is 0.0834. The summed E-state index contributed by atoms with van der Waals surface area (Å²) in [6.07, 6.45) is 9.25. The fraction of sp³-hybridized carbons (Fsp3) is 0.833. The van der Waals surface area contributed by atoms with Crippen LogP contribution in [-0.4, -0.2) is 45.2 Å². The first kappa shape index (κ1) is 25.5. The van der Waals surface area contributed by atoms with Crippen LogP contribution in [-0.2, 0) is 4.79 Å². The van der Waals surface area contributed by atoms with Crippen molar-refractivity contribution in [1.29, 1.82) is 0 Å². The zero-order chi connectivity index (χ0) is 25.8. The maximum atomic E-state index is 12.7. The average molecular weight is 487 g/mol. The highest BCUT2D eigenvalue weighted by Gasteiger charge is 2.69. The second-order valence-electron chi connectivity index (χ2n) is 14.7. The van der Waals surface area contributed by atoms with Crippen molar-refractivity contribution in [3.05, 3.63) is 23.3 Å². The van der Waals surface area contributed by atoms with Gasteiger partial charge in [0, 0.05) is 5.41 Å². The van der Waals surface area contributed by atoms with Crippen molar-refractivity contribution >= 4 is 5.97 Å². The largest absolute Gasteiger partial charge is 0.481 e. The summed E-state index contributed by atoms with van der Waals surface area (Å²) in [4.78, 5) is 12.7. The van der Waals surface area contributed by atoms with Crippen LogP contribution in [0.3, 0.4) is 0 Å². The third kappa shape index (κ3) is 3.01. The van der Waals surface area contributed by atoms with Crippen molar-refractivity contribution in [1.82, 2.24) is 0 Å². The normalized spacial score (nSPS) is 52.7. The Morgan fingerprint density at radius 3 is 2.29 bits per heavy atom. The molecule has 5 heteroatoms. The molecule has 4 N–H and O–H groups in total. The van der Waals surface area contributed by atoms with Crippen LogP contribution in [0.5, 0.6) is 0 Å². The van der Waals surface area contributed by atoms with Crippen LogP contribution < -0.4 is 0 Å². The number of carbonyl (C=O) groups is 1. The number of carboxylic acid groups (broad SMARTS) is 1. The molecule has 0 bridgehead atoms. The minimum Gasteiger partial charge on any atom is -0.481 e. The van der Waals surface area contributed by atoms with Gasteiger partial charge in [0.15, 0.2) is 0 Å². The van der Waals surface area contributed by atoms with Gasteiger partial charge in [0.05, 0.1) is 24.2 Å². The molecular weight excluding hydrogens is 440 g/mol. The Labute approximate surface area is 210 Å². The molecule has 196 valence electrons. The Balaban J connectivity index is 1.68. The van der Waals surface area contributed by atoms with E-state index in [1.165, 1.54) is 5.57 Å². The summed E-state index contributed by atoms with van der Waals surface area (Å²) in [5.41, 5.74) is 0.573. The van der Waals surface area contributed by atoms with E-state index in [-0.39, 0.29) is 40.1 Å². The molecule has 5 nitrogen and oxygen atoms in total. The molecule has 9 atom stereocenters. The molecule has 0 aliphatic heterocycles. The molecule has 5 rings (SSSR count). The number of carboxylic acids is 1. The Bertz CT molecular complexity index is 997. The van der Waals surface area contributed by atoms with Gasteiger partial charge >= 0.3 is 5.97 Å². The molecular formula is C30H46O5. The SMILES string of the molecule is CC1(C)CC[C@]2(C(=O)O)CC[C@]3(C)C(=C2C1)C=C[C@@H]1[C@@]2(C)C[C@@H](O)[C@H](O)[C@@](C)(CO)[C@@H]2CC[C@]13C. The highest BCUT2D eigenvalue weighted by atomic mass is 16.4. The van der Waals surface area contributed by atoms with Crippen LogP contribution in [0.2, 0.25) is 0 Å². The van der Waals surface area contributed by atoms with Gasteiger partial charge in [-0.05, 0) is 96.0 Å². The van der Waals surface area contributed by atoms with E-state index in [1.807, 2.05) is 6.92 Å². The number of hydrogen-bond donors (Lipinski definition) is 4. The lowest BCUT2D eigenvalue weighted by molar-refractivity contribution is -0.231.